The molecule has 0 aromatic heterocycles. The van der Waals surface area contributed by atoms with Gasteiger partial charge in [-0.3, -0.25) is 0 Å². The molecule has 0 bridgehead atoms. The van der Waals surface area contributed by atoms with Crippen LogP contribution in [-0.4, -0.2) is 0 Å². The van der Waals surface area contributed by atoms with Crippen molar-refractivity contribution in [1.29, 1.82) is 0 Å². The molecule has 0 heterocycles. The van der Waals surface area contributed by atoms with E-state index in [1.165, 1.54) is 70.6 Å². The second-order valence-corrected chi connectivity index (χ2v) is 11.0. The van der Waals surface area contributed by atoms with Gasteiger partial charge in [-0.1, -0.05) is 107 Å². The third kappa shape index (κ3) is 8.91. The van der Waals surface area contributed by atoms with Crippen molar-refractivity contribution in [3.05, 3.63) is 0 Å². The number of hydrogen-bond donors (Lipinski definition) is 0. The van der Waals surface area contributed by atoms with Crippen LogP contribution in [0.4, 0.5) is 0 Å². The fourth-order valence-electron chi connectivity index (χ4n) is 5.76. The highest BCUT2D eigenvalue weighted by Gasteiger charge is 2.34. The molecule has 1 aliphatic carbocycles. The average molecular weight is 379 g/mol. The Hall–Kier alpha value is 0. The Bertz CT molecular complexity index is 357. The van der Waals surface area contributed by atoms with E-state index in [-0.39, 0.29) is 0 Å². The Morgan fingerprint density at radius 2 is 1.37 bits per heavy atom. The van der Waals surface area contributed by atoms with Crippen LogP contribution < -0.4 is 0 Å². The highest BCUT2D eigenvalue weighted by atomic mass is 14.4. The van der Waals surface area contributed by atoms with E-state index >= 15 is 0 Å². The lowest BCUT2D eigenvalue weighted by molar-refractivity contribution is 0.225. The van der Waals surface area contributed by atoms with E-state index in [1.54, 1.807) is 0 Å². The van der Waals surface area contributed by atoms with Crippen LogP contribution in [0.15, 0.2) is 0 Å². The molecule has 1 fully saturated rings. The Morgan fingerprint density at radius 3 is 1.93 bits per heavy atom. The second-order valence-electron chi connectivity index (χ2n) is 11.0. The van der Waals surface area contributed by atoms with E-state index in [0.717, 1.165) is 47.3 Å². The van der Waals surface area contributed by atoms with Crippen LogP contribution in [0.2, 0.25) is 0 Å². The van der Waals surface area contributed by atoms with Crippen molar-refractivity contribution in [1.82, 2.24) is 0 Å². The highest BCUT2D eigenvalue weighted by molar-refractivity contribution is 4.84. The highest BCUT2D eigenvalue weighted by Crippen LogP contribution is 2.44. The quantitative estimate of drug-likeness (QED) is 0.264. The first-order chi connectivity index (χ1) is 12.8. The van der Waals surface area contributed by atoms with Crippen molar-refractivity contribution in [3.8, 4) is 0 Å². The third-order valence-electron chi connectivity index (χ3n) is 8.39. The zero-order valence-corrected chi connectivity index (χ0v) is 20.4. The Kier molecular flexibility index (Phi) is 12.3. The van der Waals surface area contributed by atoms with Crippen LogP contribution in [0.25, 0.3) is 0 Å². The van der Waals surface area contributed by atoms with Gasteiger partial charge in [0.1, 0.15) is 0 Å². The Balaban J connectivity index is 2.39. The second kappa shape index (κ2) is 13.3. The molecule has 0 radical (unpaired) electrons. The van der Waals surface area contributed by atoms with Crippen molar-refractivity contribution in [2.45, 2.75) is 126 Å². The molecule has 0 aliphatic heterocycles. The summed E-state index contributed by atoms with van der Waals surface area (Å²) in [6.45, 7) is 19.7. The fourth-order valence-corrected chi connectivity index (χ4v) is 5.76. The van der Waals surface area contributed by atoms with Gasteiger partial charge in [-0.2, -0.15) is 0 Å². The van der Waals surface area contributed by atoms with Crippen LogP contribution in [0, 0.1) is 47.3 Å². The zero-order valence-electron chi connectivity index (χ0n) is 20.4. The predicted octanol–water partition coefficient (Wildman–Crippen LogP) is 9.38. The van der Waals surface area contributed by atoms with Crippen LogP contribution >= 0.6 is 0 Å². The molecule has 7 unspecified atom stereocenters. The van der Waals surface area contributed by atoms with E-state index < -0.39 is 0 Å². The molecule has 0 N–H and O–H groups in total. The minimum atomic E-state index is 0.884. The van der Waals surface area contributed by atoms with Gasteiger partial charge in [0.15, 0.2) is 0 Å². The Morgan fingerprint density at radius 1 is 0.704 bits per heavy atom. The molecular weight excluding hydrogens is 324 g/mol. The topological polar surface area (TPSA) is 0 Å². The number of unbranched alkanes of at least 4 members (excludes halogenated alkanes) is 2. The standard InChI is InChI=1S/C27H54/c1-9-11-12-14-25(13-10-2)22(6)16-15-21(5)23(7)17-27-19-26(20(3)4)18-24(27)8/h20-27H,9-19H2,1-8H3. The number of hydrogen-bond acceptors (Lipinski definition) is 0. The first kappa shape index (κ1) is 25.0. The van der Waals surface area contributed by atoms with Crippen molar-refractivity contribution in [2.24, 2.45) is 47.3 Å². The summed E-state index contributed by atoms with van der Waals surface area (Å²) in [5.74, 6) is 7.53. The summed E-state index contributed by atoms with van der Waals surface area (Å²) in [6, 6.07) is 0. The molecule has 0 saturated heterocycles. The fraction of sp³-hybridized carbons (Fsp3) is 1.00. The van der Waals surface area contributed by atoms with Gasteiger partial charge in [-0.15, -0.1) is 0 Å². The summed E-state index contributed by atoms with van der Waals surface area (Å²) < 4.78 is 0. The minimum absolute atomic E-state index is 0.884. The Labute approximate surface area is 173 Å². The van der Waals surface area contributed by atoms with Crippen LogP contribution in [-0.2, 0) is 0 Å². The van der Waals surface area contributed by atoms with E-state index in [0.29, 0.717) is 0 Å². The maximum Gasteiger partial charge on any atom is -0.0383 e. The van der Waals surface area contributed by atoms with Gasteiger partial charge in [0.05, 0.1) is 0 Å². The van der Waals surface area contributed by atoms with Crippen LogP contribution in [0.3, 0.4) is 0 Å². The molecule has 27 heavy (non-hydrogen) atoms. The molecule has 0 nitrogen and oxygen atoms in total. The van der Waals surface area contributed by atoms with Crippen molar-refractivity contribution < 1.29 is 0 Å². The zero-order chi connectivity index (χ0) is 20.4. The van der Waals surface area contributed by atoms with Crippen molar-refractivity contribution in [2.75, 3.05) is 0 Å². The molecule has 1 aliphatic rings. The molecule has 0 spiro atoms. The third-order valence-corrected chi connectivity index (χ3v) is 8.39. The van der Waals surface area contributed by atoms with Crippen molar-refractivity contribution in [3.63, 3.8) is 0 Å². The van der Waals surface area contributed by atoms with Gasteiger partial charge in [0.25, 0.3) is 0 Å². The van der Waals surface area contributed by atoms with E-state index in [4.69, 9.17) is 0 Å². The summed E-state index contributed by atoms with van der Waals surface area (Å²) in [4.78, 5) is 0. The number of rotatable bonds is 14. The molecule has 0 aromatic carbocycles. The summed E-state index contributed by atoms with van der Waals surface area (Å²) in [7, 11) is 0. The monoisotopic (exact) mass is 378 g/mol. The normalized spacial score (nSPS) is 27.7. The van der Waals surface area contributed by atoms with Gasteiger partial charge in [0, 0.05) is 0 Å². The molecule has 0 aromatic rings. The predicted molar refractivity (Wildman–Crippen MR) is 124 cm³/mol. The summed E-state index contributed by atoms with van der Waals surface area (Å²) in [6.07, 6.45) is 15.9. The first-order valence-electron chi connectivity index (χ1n) is 12.8. The summed E-state index contributed by atoms with van der Waals surface area (Å²) >= 11 is 0. The molecular formula is C27H54. The van der Waals surface area contributed by atoms with E-state index in [9.17, 15) is 0 Å². The lowest BCUT2D eigenvalue weighted by Crippen LogP contribution is -2.18. The molecule has 162 valence electrons. The smallest absolute Gasteiger partial charge is 0.0383 e. The van der Waals surface area contributed by atoms with Crippen molar-refractivity contribution >= 4 is 0 Å². The lowest BCUT2D eigenvalue weighted by Gasteiger charge is -2.28. The SMILES string of the molecule is CCCCCC(CCC)C(C)CCC(C)C(C)CC1CC(C(C)C)CC1C. The average Bonchev–Trinajstić information content (AvgIpc) is 2.99. The van der Waals surface area contributed by atoms with E-state index in [1.807, 2.05) is 0 Å². The molecule has 0 amide bonds. The summed E-state index contributed by atoms with van der Waals surface area (Å²) in [5.41, 5.74) is 0. The lowest BCUT2D eigenvalue weighted by atomic mass is 9.77. The van der Waals surface area contributed by atoms with Gasteiger partial charge in [0.2, 0.25) is 0 Å². The van der Waals surface area contributed by atoms with Gasteiger partial charge >= 0.3 is 0 Å². The molecule has 1 rings (SSSR count). The summed E-state index contributed by atoms with van der Waals surface area (Å²) in [5, 5.41) is 0. The molecule has 1 saturated carbocycles. The molecule has 0 heteroatoms. The van der Waals surface area contributed by atoms with Crippen LogP contribution in [0.1, 0.15) is 126 Å². The van der Waals surface area contributed by atoms with E-state index in [2.05, 4.69) is 55.4 Å². The first-order valence-corrected chi connectivity index (χ1v) is 12.8. The maximum atomic E-state index is 2.55. The molecule has 7 atom stereocenters. The van der Waals surface area contributed by atoms with Crippen LogP contribution in [0.5, 0.6) is 0 Å². The largest absolute Gasteiger partial charge is 0.0654 e. The van der Waals surface area contributed by atoms with Gasteiger partial charge < -0.3 is 0 Å². The van der Waals surface area contributed by atoms with Gasteiger partial charge in [-0.05, 0) is 66.6 Å². The maximum absolute atomic E-state index is 2.55. The minimum Gasteiger partial charge on any atom is -0.0654 e. The van der Waals surface area contributed by atoms with Gasteiger partial charge in [-0.25, -0.2) is 0 Å².